The molecule has 0 aliphatic rings. The monoisotopic (exact) mass is 260 g/mol. The van der Waals surface area contributed by atoms with Crippen LogP contribution in [-0.2, 0) is 14.3 Å². The molecule has 0 N–H and O–H groups in total. The van der Waals surface area contributed by atoms with Gasteiger partial charge in [-0.25, -0.2) is 0 Å². The lowest BCUT2D eigenvalue weighted by atomic mass is 9.99. The maximum atomic E-state index is 11.5. The minimum Gasteiger partial charge on any atom is -0.785 e. The van der Waals surface area contributed by atoms with Crippen LogP contribution in [0.1, 0.15) is 34.6 Å². The molecule has 0 spiro atoms. The maximum Gasteiger partial charge on any atom is 0.308 e. The van der Waals surface area contributed by atoms with Crippen molar-refractivity contribution in [2.24, 2.45) is 11.8 Å². The Kier molecular flexibility index (Phi) is 8.97. The second-order valence-corrected chi connectivity index (χ2v) is 5.05. The van der Waals surface area contributed by atoms with E-state index in [9.17, 15) is 10.0 Å². The molecule has 0 aromatic heterocycles. The Bertz CT molecular complexity index is 231. The second-order valence-electron chi connectivity index (χ2n) is 5.05. The van der Waals surface area contributed by atoms with Crippen LogP contribution in [0.2, 0.25) is 0 Å². The predicted molar refractivity (Wildman–Crippen MR) is 71.0 cm³/mol. The highest BCUT2D eigenvalue weighted by Crippen LogP contribution is 2.11. The third-order valence-corrected chi connectivity index (χ3v) is 2.75. The van der Waals surface area contributed by atoms with Crippen molar-refractivity contribution in [3.8, 4) is 0 Å². The number of carbonyl (C=O) groups is 1. The second kappa shape index (κ2) is 9.30. The number of ether oxygens (including phenoxy) is 2. The van der Waals surface area contributed by atoms with Crippen LogP contribution in [0.15, 0.2) is 0 Å². The molecule has 0 rings (SSSR count). The van der Waals surface area contributed by atoms with Crippen LogP contribution in [-0.4, -0.2) is 43.4 Å². The molecule has 0 aliphatic carbocycles. The van der Waals surface area contributed by atoms with Gasteiger partial charge in [0.15, 0.2) is 0 Å². The van der Waals surface area contributed by atoms with Crippen molar-refractivity contribution in [3.63, 3.8) is 0 Å². The first-order chi connectivity index (χ1) is 8.34. The van der Waals surface area contributed by atoms with E-state index in [1.807, 2.05) is 34.6 Å². The van der Waals surface area contributed by atoms with Gasteiger partial charge in [-0.05, 0) is 19.8 Å². The third-order valence-electron chi connectivity index (χ3n) is 2.75. The van der Waals surface area contributed by atoms with Gasteiger partial charge in [0, 0.05) is 13.1 Å². The minimum absolute atomic E-state index is 0.128. The fraction of sp³-hybridized carbons (Fsp3) is 0.923. The molecule has 0 aromatic rings. The summed E-state index contributed by atoms with van der Waals surface area (Å²) < 4.78 is 10.3. The molecular formula is C13H26NO4-. The van der Waals surface area contributed by atoms with E-state index in [1.54, 1.807) is 0 Å². The first-order valence-corrected chi connectivity index (χ1v) is 6.55. The van der Waals surface area contributed by atoms with Crippen molar-refractivity contribution in [3.05, 3.63) is 5.21 Å². The zero-order valence-corrected chi connectivity index (χ0v) is 12.1. The molecule has 5 nitrogen and oxygen atoms in total. The van der Waals surface area contributed by atoms with Gasteiger partial charge in [-0.3, -0.25) is 4.79 Å². The highest BCUT2D eigenvalue weighted by molar-refractivity contribution is 5.72. The predicted octanol–water partition coefficient (Wildman–Crippen LogP) is 2.05. The van der Waals surface area contributed by atoms with E-state index in [0.29, 0.717) is 13.2 Å². The standard InChI is InChI=1S/C13H26NO4/c1-10(2)12(5)13(15)18-9-7-14(16)6-8-17-11(3)4/h10-12H,6-9H2,1-5H3/q-1. The summed E-state index contributed by atoms with van der Waals surface area (Å²) >= 11 is 0. The SMILES string of the molecule is CC(C)OCCN([O-])CCOC(=O)C(C)C(C)C. The number of esters is 1. The molecule has 5 heteroatoms. The van der Waals surface area contributed by atoms with Crippen molar-refractivity contribution < 1.29 is 14.3 Å². The van der Waals surface area contributed by atoms with Crippen molar-refractivity contribution >= 4 is 5.97 Å². The zero-order valence-electron chi connectivity index (χ0n) is 12.1. The van der Waals surface area contributed by atoms with Gasteiger partial charge in [0.1, 0.15) is 6.61 Å². The molecule has 0 bridgehead atoms. The summed E-state index contributed by atoms with van der Waals surface area (Å²) in [7, 11) is 0. The number of carbonyl (C=O) groups excluding carboxylic acids is 1. The average Bonchev–Trinajstić information content (AvgIpc) is 2.27. The van der Waals surface area contributed by atoms with Crippen molar-refractivity contribution in [2.75, 3.05) is 26.3 Å². The van der Waals surface area contributed by atoms with E-state index in [2.05, 4.69) is 0 Å². The number of hydrogen-bond acceptors (Lipinski definition) is 5. The maximum absolute atomic E-state index is 11.5. The molecular weight excluding hydrogens is 234 g/mol. The van der Waals surface area contributed by atoms with Crippen molar-refractivity contribution in [2.45, 2.75) is 40.7 Å². The van der Waals surface area contributed by atoms with E-state index in [-0.39, 0.29) is 37.1 Å². The fourth-order valence-electron chi connectivity index (χ4n) is 1.15. The van der Waals surface area contributed by atoms with Gasteiger partial charge in [-0.15, -0.1) is 0 Å². The van der Waals surface area contributed by atoms with Crippen molar-refractivity contribution in [1.82, 2.24) is 5.06 Å². The molecule has 0 aromatic carbocycles. The first kappa shape index (κ1) is 17.4. The lowest BCUT2D eigenvalue weighted by Crippen LogP contribution is -2.28. The number of rotatable bonds is 9. The Morgan fingerprint density at radius 1 is 1.11 bits per heavy atom. The number of nitrogens with zero attached hydrogens (tertiary/aromatic N) is 1. The topological polar surface area (TPSA) is 61.8 Å². The summed E-state index contributed by atoms with van der Waals surface area (Å²) in [4.78, 5) is 11.5. The molecule has 18 heavy (non-hydrogen) atoms. The lowest BCUT2D eigenvalue weighted by molar-refractivity contribution is -0.149. The highest BCUT2D eigenvalue weighted by Gasteiger charge is 2.17. The summed E-state index contributed by atoms with van der Waals surface area (Å²) in [5.41, 5.74) is 0. The number of hydrogen-bond donors (Lipinski definition) is 0. The molecule has 0 saturated heterocycles. The minimum atomic E-state index is -0.239. The summed E-state index contributed by atoms with van der Waals surface area (Å²) in [5.74, 6) is -0.119. The highest BCUT2D eigenvalue weighted by atomic mass is 16.5. The lowest BCUT2D eigenvalue weighted by Gasteiger charge is -2.28. The molecule has 0 amide bonds. The molecule has 1 atom stereocenters. The molecule has 108 valence electrons. The van der Waals surface area contributed by atoms with Gasteiger partial charge in [0.25, 0.3) is 0 Å². The quantitative estimate of drug-likeness (QED) is 0.469. The Morgan fingerprint density at radius 3 is 2.17 bits per heavy atom. The average molecular weight is 260 g/mol. The molecule has 0 heterocycles. The van der Waals surface area contributed by atoms with E-state index >= 15 is 0 Å². The van der Waals surface area contributed by atoms with Crippen LogP contribution in [0.3, 0.4) is 0 Å². The largest absolute Gasteiger partial charge is 0.785 e. The Labute approximate surface area is 110 Å². The number of hydroxylamine groups is 2. The molecule has 0 radical (unpaired) electrons. The normalized spacial score (nSPS) is 13.4. The summed E-state index contributed by atoms with van der Waals surface area (Å²) in [6.07, 6.45) is 0.128. The van der Waals surface area contributed by atoms with Gasteiger partial charge >= 0.3 is 5.97 Å². The Morgan fingerprint density at radius 2 is 1.67 bits per heavy atom. The van der Waals surface area contributed by atoms with Gasteiger partial charge in [-0.1, -0.05) is 20.8 Å². The third kappa shape index (κ3) is 8.44. The van der Waals surface area contributed by atoms with E-state index in [4.69, 9.17) is 9.47 Å². The smallest absolute Gasteiger partial charge is 0.308 e. The van der Waals surface area contributed by atoms with Crippen LogP contribution >= 0.6 is 0 Å². The van der Waals surface area contributed by atoms with Gasteiger partial charge in [-0.2, -0.15) is 0 Å². The van der Waals surface area contributed by atoms with E-state index < -0.39 is 0 Å². The summed E-state index contributed by atoms with van der Waals surface area (Å²) in [6.45, 7) is 10.6. The molecule has 1 unspecified atom stereocenters. The van der Waals surface area contributed by atoms with Crippen LogP contribution in [0.4, 0.5) is 0 Å². The molecule has 0 saturated carbocycles. The first-order valence-electron chi connectivity index (χ1n) is 6.55. The van der Waals surface area contributed by atoms with Crippen molar-refractivity contribution in [1.29, 1.82) is 0 Å². The van der Waals surface area contributed by atoms with Crippen LogP contribution in [0.5, 0.6) is 0 Å². The molecule has 0 aliphatic heterocycles. The van der Waals surface area contributed by atoms with Crippen LogP contribution < -0.4 is 0 Å². The van der Waals surface area contributed by atoms with E-state index in [1.165, 1.54) is 0 Å². The Balaban J connectivity index is 3.61. The van der Waals surface area contributed by atoms with Crippen LogP contribution in [0, 0.1) is 17.0 Å². The van der Waals surface area contributed by atoms with E-state index in [0.717, 1.165) is 5.06 Å². The van der Waals surface area contributed by atoms with Gasteiger partial charge in [0.05, 0.1) is 18.6 Å². The Hall–Kier alpha value is -0.650. The zero-order chi connectivity index (χ0) is 14.1. The van der Waals surface area contributed by atoms with Gasteiger partial charge < -0.3 is 19.7 Å². The fourth-order valence-corrected chi connectivity index (χ4v) is 1.15. The van der Waals surface area contributed by atoms with Gasteiger partial charge in [0.2, 0.25) is 0 Å². The van der Waals surface area contributed by atoms with Crippen LogP contribution in [0.25, 0.3) is 0 Å². The molecule has 0 fully saturated rings. The summed E-state index contributed by atoms with van der Waals surface area (Å²) in [5, 5.41) is 12.2. The summed E-state index contributed by atoms with van der Waals surface area (Å²) in [6, 6.07) is 0.